The molecule has 1 saturated heterocycles. The van der Waals surface area contributed by atoms with Crippen molar-refractivity contribution < 1.29 is 29.0 Å². The van der Waals surface area contributed by atoms with Crippen LogP contribution in [0.15, 0.2) is 103 Å². The highest BCUT2D eigenvalue weighted by Crippen LogP contribution is 2.29. The van der Waals surface area contributed by atoms with E-state index in [4.69, 9.17) is 4.74 Å². The zero-order valence-electron chi connectivity index (χ0n) is 25.2. The Bertz CT molecular complexity index is 1640. The SMILES string of the molecule is O=C(O)CC(NC(=O)c1ccc(N2CCN(C(=O)Cc3ccccc3)CC2)c(NC(=O)OCc2ccccc2)c1)c1cccnc1. The van der Waals surface area contributed by atoms with E-state index < -0.39 is 24.0 Å². The molecule has 3 aromatic carbocycles. The minimum atomic E-state index is -1.07. The van der Waals surface area contributed by atoms with Crippen LogP contribution in [-0.4, -0.2) is 65.0 Å². The number of carbonyl (C=O) groups is 4. The second-order valence-corrected chi connectivity index (χ2v) is 10.9. The highest BCUT2D eigenvalue weighted by Gasteiger charge is 2.25. The summed E-state index contributed by atoms with van der Waals surface area (Å²) in [4.78, 5) is 58.7. The summed E-state index contributed by atoms with van der Waals surface area (Å²) in [6, 6.07) is 26.3. The van der Waals surface area contributed by atoms with Crippen LogP contribution in [0.4, 0.5) is 16.2 Å². The second-order valence-electron chi connectivity index (χ2n) is 10.9. The lowest BCUT2D eigenvalue weighted by atomic mass is 10.0. The number of aliphatic carboxylic acids is 1. The van der Waals surface area contributed by atoms with Crippen molar-refractivity contribution in [2.75, 3.05) is 36.4 Å². The Hall–Kier alpha value is -5.71. The standard InChI is InChI=1S/C35H35N5O6/c41-32(20-25-8-3-1-4-9-25)40-18-16-39(17-19-40)31-14-13-27(21-30(31)38-35(45)46-24-26-10-5-2-6-11-26)34(44)37-29(22-33(42)43)28-12-7-15-36-23-28/h1-15,21,23,29H,16-20,22,24H2,(H,37,44)(H,38,45)(H,42,43). The van der Waals surface area contributed by atoms with Gasteiger partial charge in [-0.25, -0.2) is 4.79 Å². The molecule has 46 heavy (non-hydrogen) atoms. The van der Waals surface area contributed by atoms with Crippen molar-refractivity contribution in [2.45, 2.75) is 25.5 Å². The second kappa shape index (κ2) is 15.3. The third-order valence-electron chi connectivity index (χ3n) is 7.65. The van der Waals surface area contributed by atoms with Crippen molar-refractivity contribution in [1.82, 2.24) is 15.2 Å². The predicted molar refractivity (Wildman–Crippen MR) is 172 cm³/mol. The molecule has 1 fully saturated rings. The summed E-state index contributed by atoms with van der Waals surface area (Å²) in [7, 11) is 0. The monoisotopic (exact) mass is 621 g/mol. The van der Waals surface area contributed by atoms with Crippen LogP contribution in [0.25, 0.3) is 0 Å². The molecule has 2 heterocycles. The molecule has 1 aliphatic heterocycles. The molecule has 1 aliphatic rings. The average Bonchev–Trinajstić information content (AvgIpc) is 3.08. The average molecular weight is 622 g/mol. The third-order valence-corrected chi connectivity index (χ3v) is 7.65. The van der Waals surface area contributed by atoms with Crippen LogP contribution in [0.1, 0.15) is 39.5 Å². The van der Waals surface area contributed by atoms with Gasteiger partial charge in [0.05, 0.1) is 30.3 Å². The Kier molecular flexibility index (Phi) is 10.6. The van der Waals surface area contributed by atoms with Crippen LogP contribution in [0, 0.1) is 0 Å². The van der Waals surface area contributed by atoms with Gasteiger partial charge >= 0.3 is 12.1 Å². The van der Waals surface area contributed by atoms with E-state index in [0.29, 0.717) is 49.5 Å². The normalized spacial score (nSPS) is 13.4. The number of amides is 3. The maximum Gasteiger partial charge on any atom is 0.412 e. The predicted octanol–water partition coefficient (Wildman–Crippen LogP) is 4.67. The number of ether oxygens (including phenoxy) is 1. The molecule has 236 valence electrons. The van der Waals surface area contributed by atoms with E-state index in [0.717, 1.165) is 11.1 Å². The largest absolute Gasteiger partial charge is 0.481 e. The summed E-state index contributed by atoms with van der Waals surface area (Å²) in [6.45, 7) is 2.08. The van der Waals surface area contributed by atoms with E-state index in [1.54, 1.807) is 36.5 Å². The van der Waals surface area contributed by atoms with Gasteiger partial charge in [0.15, 0.2) is 0 Å². The number of pyridine rings is 1. The Morgan fingerprint density at radius 3 is 2.20 bits per heavy atom. The molecule has 3 amide bonds. The van der Waals surface area contributed by atoms with Gasteiger partial charge in [-0.3, -0.25) is 24.7 Å². The first-order chi connectivity index (χ1) is 22.4. The number of aromatic nitrogens is 1. The molecule has 1 unspecified atom stereocenters. The number of anilines is 2. The summed E-state index contributed by atoms with van der Waals surface area (Å²) in [5.74, 6) is -1.54. The van der Waals surface area contributed by atoms with Gasteiger partial charge in [-0.15, -0.1) is 0 Å². The van der Waals surface area contributed by atoms with E-state index in [2.05, 4.69) is 15.6 Å². The maximum atomic E-state index is 13.4. The fourth-order valence-electron chi connectivity index (χ4n) is 5.25. The van der Waals surface area contributed by atoms with Crippen LogP contribution < -0.4 is 15.5 Å². The number of carbonyl (C=O) groups excluding carboxylic acids is 3. The summed E-state index contributed by atoms with van der Waals surface area (Å²) in [6.07, 6.45) is 2.37. The highest BCUT2D eigenvalue weighted by atomic mass is 16.5. The molecule has 5 rings (SSSR count). The van der Waals surface area contributed by atoms with Crippen LogP contribution in [0.3, 0.4) is 0 Å². The fourth-order valence-corrected chi connectivity index (χ4v) is 5.25. The Morgan fingerprint density at radius 2 is 1.54 bits per heavy atom. The van der Waals surface area contributed by atoms with Gasteiger partial charge < -0.3 is 25.0 Å². The molecule has 0 bridgehead atoms. The van der Waals surface area contributed by atoms with E-state index in [1.165, 1.54) is 6.20 Å². The topological polar surface area (TPSA) is 141 Å². The first-order valence-electron chi connectivity index (χ1n) is 15.0. The lowest BCUT2D eigenvalue weighted by molar-refractivity contribution is -0.137. The van der Waals surface area contributed by atoms with Gasteiger partial charge in [-0.05, 0) is 41.0 Å². The molecule has 11 nitrogen and oxygen atoms in total. The summed E-state index contributed by atoms with van der Waals surface area (Å²) < 4.78 is 5.45. The van der Waals surface area contributed by atoms with Gasteiger partial charge in [-0.2, -0.15) is 0 Å². The van der Waals surface area contributed by atoms with Crippen molar-refractivity contribution in [3.8, 4) is 0 Å². The van der Waals surface area contributed by atoms with Crippen LogP contribution in [0.2, 0.25) is 0 Å². The lowest BCUT2D eigenvalue weighted by Crippen LogP contribution is -2.49. The molecule has 4 aromatic rings. The van der Waals surface area contributed by atoms with E-state index in [9.17, 15) is 24.3 Å². The van der Waals surface area contributed by atoms with Crippen molar-refractivity contribution in [2.24, 2.45) is 0 Å². The quantitative estimate of drug-likeness (QED) is 0.220. The molecule has 11 heteroatoms. The van der Waals surface area contributed by atoms with Crippen LogP contribution in [-0.2, 0) is 27.4 Å². The van der Waals surface area contributed by atoms with Crippen molar-refractivity contribution in [1.29, 1.82) is 0 Å². The number of rotatable bonds is 11. The van der Waals surface area contributed by atoms with E-state index >= 15 is 0 Å². The zero-order chi connectivity index (χ0) is 32.3. The number of nitrogens with zero attached hydrogens (tertiary/aromatic N) is 3. The van der Waals surface area contributed by atoms with Gasteiger partial charge in [-0.1, -0.05) is 66.7 Å². The third kappa shape index (κ3) is 8.69. The molecule has 0 saturated carbocycles. The smallest absolute Gasteiger partial charge is 0.412 e. The Labute approximate surface area is 266 Å². The van der Waals surface area contributed by atoms with Gasteiger partial charge in [0.25, 0.3) is 5.91 Å². The van der Waals surface area contributed by atoms with Gasteiger partial charge in [0.1, 0.15) is 6.61 Å². The molecule has 3 N–H and O–H groups in total. The number of benzene rings is 3. The molecule has 1 atom stereocenters. The van der Waals surface area contributed by atoms with E-state index in [1.807, 2.05) is 70.5 Å². The van der Waals surface area contributed by atoms with Gasteiger partial charge in [0, 0.05) is 44.1 Å². The first-order valence-corrected chi connectivity index (χ1v) is 15.0. The minimum Gasteiger partial charge on any atom is -0.481 e. The van der Waals surface area contributed by atoms with Crippen LogP contribution in [0.5, 0.6) is 0 Å². The number of nitrogens with one attached hydrogen (secondary N) is 2. The van der Waals surface area contributed by atoms with Crippen molar-refractivity contribution >= 4 is 35.3 Å². The molecule has 0 radical (unpaired) electrons. The summed E-state index contributed by atoms with van der Waals surface area (Å²) in [5, 5.41) is 15.0. The van der Waals surface area contributed by atoms with Crippen molar-refractivity contribution in [3.05, 3.63) is 126 Å². The molecule has 1 aromatic heterocycles. The summed E-state index contributed by atoms with van der Waals surface area (Å²) in [5.41, 5.74) is 3.57. The summed E-state index contributed by atoms with van der Waals surface area (Å²) >= 11 is 0. The Morgan fingerprint density at radius 1 is 0.848 bits per heavy atom. The molecular weight excluding hydrogens is 586 g/mol. The van der Waals surface area contributed by atoms with Crippen molar-refractivity contribution in [3.63, 3.8) is 0 Å². The molecule has 0 spiro atoms. The number of carboxylic acid groups (broad SMARTS) is 1. The molecular formula is C35H35N5O6. The number of carboxylic acids is 1. The molecule has 0 aliphatic carbocycles. The number of hydrogen-bond donors (Lipinski definition) is 3. The first kappa shape index (κ1) is 31.7. The maximum absolute atomic E-state index is 13.4. The Balaban J connectivity index is 1.32. The van der Waals surface area contributed by atoms with Crippen LogP contribution >= 0.6 is 0 Å². The lowest BCUT2D eigenvalue weighted by Gasteiger charge is -2.37. The zero-order valence-corrected chi connectivity index (χ0v) is 25.2. The fraction of sp³-hybridized carbons (Fsp3) is 0.229. The highest BCUT2D eigenvalue weighted by molar-refractivity contribution is 5.99. The number of piperazine rings is 1. The van der Waals surface area contributed by atoms with Gasteiger partial charge in [0.2, 0.25) is 5.91 Å². The van der Waals surface area contributed by atoms with E-state index in [-0.39, 0.29) is 24.5 Å². The number of hydrogen-bond acceptors (Lipinski definition) is 7. The minimum absolute atomic E-state index is 0.0465.